The number of aryl methyl sites for hydroxylation is 2. The van der Waals surface area contributed by atoms with Gasteiger partial charge >= 0.3 is 0 Å². The van der Waals surface area contributed by atoms with Crippen LogP contribution in [0.1, 0.15) is 61.8 Å². The minimum absolute atomic E-state index is 0.0850. The van der Waals surface area contributed by atoms with Crippen molar-refractivity contribution in [2.24, 2.45) is 5.92 Å². The highest BCUT2D eigenvalue weighted by Crippen LogP contribution is 2.30. The van der Waals surface area contributed by atoms with Crippen molar-refractivity contribution in [3.8, 4) is 5.75 Å². The fourth-order valence-corrected chi connectivity index (χ4v) is 6.70. The van der Waals surface area contributed by atoms with Gasteiger partial charge in [-0.15, -0.1) is 0 Å². The number of fused-ring (bicyclic) bond motifs is 1. The van der Waals surface area contributed by atoms with Crippen LogP contribution in [-0.2, 0) is 24.8 Å². The van der Waals surface area contributed by atoms with E-state index in [-0.39, 0.29) is 65.1 Å². The predicted molar refractivity (Wildman–Crippen MR) is 161 cm³/mol. The van der Waals surface area contributed by atoms with Crippen LogP contribution in [0.4, 0.5) is 5.69 Å². The Morgan fingerprint density at radius 3 is 2.49 bits per heavy atom. The van der Waals surface area contributed by atoms with E-state index in [1.807, 2.05) is 13.8 Å². The van der Waals surface area contributed by atoms with Gasteiger partial charge in [-0.2, -0.15) is 0 Å². The van der Waals surface area contributed by atoms with Crippen molar-refractivity contribution in [3.05, 3.63) is 35.2 Å². The number of aromatic nitrogens is 1. The molecule has 3 rings (SSSR count). The molecule has 2 heterocycles. The molecule has 13 nitrogen and oxygen atoms in total. The molecular formula is C28H44N4O9S2. The lowest BCUT2D eigenvalue weighted by Gasteiger charge is -2.35. The number of nitrogens with one attached hydrogen (secondary N) is 1. The summed E-state index contributed by atoms with van der Waals surface area (Å²) in [4.78, 5) is 15.6. The predicted octanol–water partition coefficient (Wildman–Crippen LogP) is 2.78. The van der Waals surface area contributed by atoms with E-state index < -0.39 is 38.1 Å². The third-order valence-electron chi connectivity index (χ3n) is 7.54. The summed E-state index contributed by atoms with van der Waals surface area (Å²) >= 11 is 0. The second-order valence-electron chi connectivity index (χ2n) is 11.3. The third kappa shape index (κ3) is 8.91. The van der Waals surface area contributed by atoms with E-state index in [9.17, 15) is 26.7 Å². The van der Waals surface area contributed by atoms with Crippen LogP contribution in [0.15, 0.2) is 27.6 Å². The van der Waals surface area contributed by atoms with Gasteiger partial charge in [0.1, 0.15) is 11.4 Å². The number of amides is 1. The third-order valence-corrected chi connectivity index (χ3v) is 10.4. The van der Waals surface area contributed by atoms with Gasteiger partial charge in [-0.05, 0) is 65.2 Å². The van der Waals surface area contributed by atoms with E-state index in [2.05, 4.69) is 9.88 Å². The summed E-state index contributed by atoms with van der Waals surface area (Å²) < 4.78 is 71.8. The molecule has 2 aromatic rings. The first-order chi connectivity index (χ1) is 20.0. The van der Waals surface area contributed by atoms with Crippen LogP contribution in [0.2, 0.25) is 0 Å². The minimum atomic E-state index is -4.09. The van der Waals surface area contributed by atoms with Crippen molar-refractivity contribution >= 4 is 31.6 Å². The zero-order valence-corrected chi connectivity index (χ0v) is 27.5. The molecule has 0 saturated carbocycles. The van der Waals surface area contributed by atoms with Crippen molar-refractivity contribution < 1.29 is 40.7 Å². The number of rotatable bonds is 8. The summed E-state index contributed by atoms with van der Waals surface area (Å²) in [6.07, 6.45) is 2.50. The van der Waals surface area contributed by atoms with Gasteiger partial charge in [0, 0.05) is 38.3 Å². The lowest BCUT2D eigenvalue weighted by atomic mass is 10.0. The monoisotopic (exact) mass is 644 g/mol. The average Bonchev–Trinajstić information content (AvgIpc) is 3.27. The second-order valence-corrected chi connectivity index (χ2v) is 15.0. The van der Waals surface area contributed by atoms with Gasteiger partial charge in [0.15, 0.2) is 10.7 Å². The smallest absolute Gasteiger partial charge is 0.267 e. The molecule has 15 heteroatoms. The summed E-state index contributed by atoms with van der Waals surface area (Å²) in [5.74, 6) is -0.398. The lowest BCUT2D eigenvalue weighted by Crippen LogP contribution is -2.47. The van der Waals surface area contributed by atoms with E-state index in [0.717, 1.165) is 19.1 Å². The van der Waals surface area contributed by atoms with Crippen molar-refractivity contribution in [1.29, 1.82) is 0 Å². The molecule has 0 unspecified atom stereocenters. The Kier molecular flexibility index (Phi) is 11.6. The fourth-order valence-electron chi connectivity index (χ4n) is 4.90. The van der Waals surface area contributed by atoms with E-state index >= 15 is 0 Å². The Bertz CT molecular complexity index is 1460. The van der Waals surface area contributed by atoms with Gasteiger partial charge in [-0.3, -0.25) is 9.52 Å². The Morgan fingerprint density at radius 1 is 1.19 bits per heavy atom. The van der Waals surface area contributed by atoms with Gasteiger partial charge < -0.3 is 24.0 Å². The Morgan fingerprint density at radius 2 is 1.88 bits per heavy atom. The highest BCUT2D eigenvalue weighted by atomic mass is 32.2. The average molecular weight is 645 g/mol. The molecule has 1 amide bonds. The van der Waals surface area contributed by atoms with Crippen molar-refractivity contribution in [2.75, 3.05) is 44.3 Å². The molecule has 0 radical (unpaired) electrons. The molecule has 4 atom stereocenters. The van der Waals surface area contributed by atoms with Crippen LogP contribution < -0.4 is 9.46 Å². The number of aliphatic hydroxyl groups excluding tert-OH is 1. The van der Waals surface area contributed by atoms with E-state index in [4.69, 9.17) is 14.0 Å². The zero-order valence-electron chi connectivity index (χ0n) is 25.9. The molecular weight excluding hydrogens is 600 g/mol. The maximum absolute atomic E-state index is 14.2. The first-order valence-electron chi connectivity index (χ1n) is 14.3. The first kappa shape index (κ1) is 34.8. The van der Waals surface area contributed by atoms with Crippen LogP contribution in [0, 0.1) is 19.8 Å². The van der Waals surface area contributed by atoms with Crippen LogP contribution in [-0.4, -0.2) is 100 Å². The first-order valence-corrected chi connectivity index (χ1v) is 17.6. The summed E-state index contributed by atoms with van der Waals surface area (Å²) in [5.41, 5.74) is 0.443. The molecule has 0 aliphatic carbocycles. The van der Waals surface area contributed by atoms with E-state index in [1.54, 1.807) is 13.0 Å². The zero-order chi connectivity index (χ0) is 32.1. The molecule has 0 saturated heterocycles. The number of carbonyl (C=O) groups excluding carboxylic acids is 1. The molecule has 0 bridgehead atoms. The normalized spacial score (nSPS) is 22.0. The summed E-state index contributed by atoms with van der Waals surface area (Å²) in [7, 11) is -6.08. The number of anilines is 1. The molecule has 1 aliphatic rings. The fraction of sp³-hybridized carbons (Fsp3) is 0.643. The van der Waals surface area contributed by atoms with Crippen molar-refractivity contribution in [1.82, 2.24) is 14.4 Å². The van der Waals surface area contributed by atoms with Gasteiger partial charge in [-0.1, -0.05) is 12.1 Å². The summed E-state index contributed by atoms with van der Waals surface area (Å²) in [6, 6.07) is 3.87. The molecule has 43 heavy (non-hydrogen) atoms. The number of aliphatic hydroxyl groups is 1. The Hall–Kier alpha value is -2.72. The highest BCUT2D eigenvalue weighted by molar-refractivity contribution is 7.92. The van der Waals surface area contributed by atoms with Crippen LogP contribution in [0.3, 0.4) is 0 Å². The van der Waals surface area contributed by atoms with Crippen molar-refractivity contribution in [3.63, 3.8) is 0 Å². The second kappa shape index (κ2) is 14.4. The molecule has 1 aromatic heterocycles. The maximum atomic E-state index is 14.2. The van der Waals surface area contributed by atoms with Gasteiger partial charge in [0.25, 0.3) is 15.9 Å². The van der Waals surface area contributed by atoms with Crippen LogP contribution in [0.25, 0.3) is 0 Å². The molecule has 2 N–H and O–H groups in total. The number of ether oxygens (including phenoxy) is 2. The number of carbonyl (C=O) groups is 1. The summed E-state index contributed by atoms with van der Waals surface area (Å²) in [5, 5.41) is 13.8. The minimum Gasteiger partial charge on any atom is -0.490 e. The Labute approximate surface area is 254 Å². The molecule has 0 fully saturated rings. The van der Waals surface area contributed by atoms with E-state index in [1.165, 1.54) is 42.2 Å². The molecule has 1 aliphatic heterocycles. The van der Waals surface area contributed by atoms with E-state index in [0.29, 0.717) is 13.0 Å². The Balaban J connectivity index is 2.04. The standard InChI is InChI=1S/C28H44N4O9S2/c1-18-15-32(19(2)17-33)28(34)24-14-23(30-43(37,38)27-21(4)29-41-22(27)5)11-12-25(24)40-20(3)10-8-9-13-39-26(18)16-31(6)42(7,35)36/h11-12,14,18-20,26,30,33H,8-10,13,15-17H2,1-7H3/t18-,19+,20-,26+/m0/s1. The maximum Gasteiger partial charge on any atom is 0.267 e. The van der Waals surface area contributed by atoms with Crippen LogP contribution >= 0.6 is 0 Å². The molecule has 1 aromatic carbocycles. The number of likely N-dealkylation sites (N-methyl/N-ethyl adjacent to an activating group) is 1. The topological polar surface area (TPSA) is 169 Å². The highest BCUT2D eigenvalue weighted by Gasteiger charge is 2.32. The number of sulfonamides is 2. The molecule has 242 valence electrons. The number of hydrogen-bond donors (Lipinski definition) is 2. The molecule has 0 spiro atoms. The largest absolute Gasteiger partial charge is 0.490 e. The lowest BCUT2D eigenvalue weighted by molar-refractivity contribution is -0.00828. The SMILES string of the molecule is Cc1noc(C)c1S(=O)(=O)Nc1ccc2c(c1)C(=O)N([C@H](C)CO)C[C@H](C)[C@@H](CN(C)S(C)(=O)=O)OCCCC[C@H](C)O2. The number of nitrogens with zero attached hydrogens (tertiary/aromatic N) is 3. The number of benzene rings is 1. The van der Waals surface area contributed by atoms with Gasteiger partial charge in [-0.25, -0.2) is 21.1 Å². The van der Waals surface area contributed by atoms with Crippen molar-refractivity contribution in [2.45, 2.75) is 77.0 Å². The summed E-state index contributed by atoms with van der Waals surface area (Å²) in [6.45, 7) is 8.77. The van der Waals surface area contributed by atoms with Gasteiger partial charge in [0.2, 0.25) is 10.0 Å². The quantitative estimate of drug-likeness (QED) is 0.436. The van der Waals surface area contributed by atoms with Gasteiger partial charge in [0.05, 0.1) is 36.7 Å². The number of hydrogen-bond acceptors (Lipinski definition) is 10. The van der Waals surface area contributed by atoms with Crippen LogP contribution in [0.5, 0.6) is 5.75 Å².